The fraction of sp³-hybridized carbons (Fsp3) is 0.435. The maximum atomic E-state index is 12.7. The van der Waals surface area contributed by atoms with Crippen LogP contribution < -0.4 is 5.32 Å². The number of hydrogen-bond acceptors (Lipinski definition) is 4. The third-order valence-electron chi connectivity index (χ3n) is 5.60. The predicted molar refractivity (Wildman–Crippen MR) is 123 cm³/mol. The fourth-order valence-corrected chi connectivity index (χ4v) is 4.90. The monoisotopic (exact) mass is 411 g/mol. The van der Waals surface area contributed by atoms with Gasteiger partial charge < -0.3 is 14.6 Å². The number of ether oxygens (including phenoxy) is 1. The third-order valence-corrected chi connectivity index (χ3v) is 6.74. The lowest BCUT2D eigenvalue weighted by molar-refractivity contribution is -0.115. The summed E-state index contributed by atoms with van der Waals surface area (Å²) in [5.74, 6) is 1.02. The van der Waals surface area contributed by atoms with E-state index in [1.54, 1.807) is 11.8 Å². The molecule has 0 bridgehead atoms. The summed E-state index contributed by atoms with van der Waals surface area (Å²) in [6.45, 7) is 9.70. The highest BCUT2D eigenvalue weighted by Crippen LogP contribution is 2.31. The van der Waals surface area contributed by atoms with Crippen LogP contribution in [0.3, 0.4) is 0 Å². The van der Waals surface area contributed by atoms with Crippen LogP contribution in [0, 0.1) is 0 Å². The van der Waals surface area contributed by atoms with Crippen LogP contribution in [0.1, 0.15) is 13.8 Å². The lowest BCUT2D eigenvalue weighted by Crippen LogP contribution is -2.38. The summed E-state index contributed by atoms with van der Waals surface area (Å²) in [5, 5.41) is 5.45. The summed E-state index contributed by atoms with van der Waals surface area (Å²) >= 11 is 1.71. The highest BCUT2D eigenvalue weighted by Gasteiger charge is 2.16. The molecule has 2 heterocycles. The number of hydrogen-bond donors (Lipinski definition) is 1. The molecule has 5 nitrogen and oxygen atoms in total. The number of fused-ring (bicyclic) bond motifs is 3. The van der Waals surface area contributed by atoms with Gasteiger partial charge in [0.25, 0.3) is 0 Å². The first-order valence-electron chi connectivity index (χ1n) is 10.4. The van der Waals surface area contributed by atoms with Gasteiger partial charge in [-0.1, -0.05) is 18.2 Å². The van der Waals surface area contributed by atoms with Crippen LogP contribution in [0.15, 0.2) is 42.5 Å². The Hall–Kier alpha value is -2.02. The lowest BCUT2D eigenvalue weighted by atomic mass is 10.1. The van der Waals surface area contributed by atoms with E-state index >= 15 is 0 Å². The van der Waals surface area contributed by atoms with Crippen molar-refractivity contribution in [3.8, 4) is 0 Å². The average Bonchev–Trinajstić information content (AvgIpc) is 3.07. The molecule has 1 N–H and O–H groups in total. The van der Waals surface area contributed by atoms with E-state index in [9.17, 15) is 4.79 Å². The summed E-state index contributed by atoms with van der Waals surface area (Å²) in [5.41, 5.74) is 3.31. The molecule has 154 valence electrons. The van der Waals surface area contributed by atoms with Gasteiger partial charge in [0, 0.05) is 59.4 Å². The average molecular weight is 412 g/mol. The molecule has 2 aromatic carbocycles. The summed E-state index contributed by atoms with van der Waals surface area (Å²) in [4.78, 5) is 15.1. The molecular weight excluding hydrogens is 382 g/mol. The van der Waals surface area contributed by atoms with E-state index in [4.69, 9.17) is 4.74 Å². The van der Waals surface area contributed by atoms with Crippen LogP contribution in [-0.2, 0) is 16.1 Å². The summed E-state index contributed by atoms with van der Waals surface area (Å²) in [7, 11) is 0. The van der Waals surface area contributed by atoms with Crippen LogP contribution in [0.2, 0.25) is 0 Å². The molecule has 29 heavy (non-hydrogen) atoms. The second-order valence-corrected chi connectivity index (χ2v) is 8.90. The first-order chi connectivity index (χ1) is 14.2. The molecule has 1 aromatic heterocycles. The predicted octanol–water partition coefficient (Wildman–Crippen LogP) is 4.21. The Morgan fingerprint density at radius 2 is 1.90 bits per heavy atom. The van der Waals surface area contributed by atoms with Gasteiger partial charge in [-0.15, -0.1) is 11.8 Å². The molecule has 0 saturated carbocycles. The van der Waals surface area contributed by atoms with Gasteiger partial charge in [-0.3, -0.25) is 9.69 Å². The maximum absolute atomic E-state index is 12.7. The number of nitrogens with zero attached hydrogens (tertiary/aromatic N) is 2. The minimum absolute atomic E-state index is 0.0653. The highest BCUT2D eigenvalue weighted by atomic mass is 32.2. The van der Waals surface area contributed by atoms with Crippen LogP contribution in [0.25, 0.3) is 21.8 Å². The molecule has 1 atom stereocenters. The normalized spacial score (nSPS) is 16.3. The van der Waals surface area contributed by atoms with Crippen molar-refractivity contribution >= 4 is 45.2 Å². The number of rotatable bonds is 7. The molecule has 1 amide bonds. The summed E-state index contributed by atoms with van der Waals surface area (Å²) in [6.07, 6.45) is 0. The van der Waals surface area contributed by atoms with Crippen molar-refractivity contribution in [3.05, 3.63) is 42.5 Å². The van der Waals surface area contributed by atoms with Crippen LogP contribution in [0.5, 0.6) is 0 Å². The molecule has 6 heteroatoms. The zero-order valence-corrected chi connectivity index (χ0v) is 18.0. The number of carbonyl (C=O) groups excluding carboxylic acids is 1. The quantitative estimate of drug-likeness (QED) is 0.633. The second kappa shape index (κ2) is 9.20. The number of aromatic nitrogens is 1. The molecule has 1 aliphatic heterocycles. The number of carbonyl (C=O) groups is 1. The van der Waals surface area contributed by atoms with Crippen molar-refractivity contribution in [2.75, 3.05) is 43.9 Å². The molecule has 4 rings (SSSR count). The number of aryl methyl sites for hydroxylation is 1. The molecule has 0 aliphatic carbocycles. The van der Waals surface area contributed by atoms with Gasteiger partial charge in [0.15, 0.2) is 0 Å². The Morgan fingerprint density at radius 1 is 1.14 bits per heavy atom. The number of nitrogens with one attached hydrogen (secondary N) is 1. The van der Waals surface area contributed by atoms with E-state index in [1.165, 1.54) is 21.8 Å². The van der Waals surface area contributed by atoms with Gasteiger partial charge in [-0.2, -0.15) is 0 Å². The number of anilines is 1. The number of amides is 1. The molecule has 1 unspecified atom stereocenters. The summed E-state index contributed by atoms with van der Waals surface area (Å²) in [6, 6.07) is 14.7. The molecule has 0 spiro atoms. The number of morpholine rings is 1. The van der Waals surface area contributed by atoms with Crippen LogP contribution in [-0.4, -0.2) is 59.2 Å². The van der Waals surface area contributed by atoms with Crippen LogP contribution in [0.4, 0.5) is 5.69 Å². The van der Waals surface area contributed by atoms with E-state index in [2.05, 4.69) is 58.1 Å². The van der Waals surface area contributed by atoms with Crippen molar-refractivity contribution in [1.82, 2.24) is 9.47 Å². The maximum Gasteiger partial charge on any atom is 0.237 e. The summed E-state index contributed by atoms with van der Waals surface area (Å²) < 4.78 is 7.70. The Labute approximate surface area is 176 Å². The number of thioether (sulfide) groups is 1. The molecule has 1 saturated heterocycles. The van der Waals surface area contributed by atoms with E-state index in [0.29, 0.717) is 0 Å². The topological polar surface area (TPSA) is 46.5 Å². The standard InChI is InChI=1S/C23H29N3O2S/c1-3-26-21-7-5-4-6-19(21)20-16-18(8-9-22(20)26)24-23(27)17(2)29-15-12-25-10-13-28-14-11-25/h4-9,16-17H,3,10-15H2,1-2H3,(H,24,27). The second-order valence-electron chi connectivity index (χ2n) is 7.45. The smallest absolute Gasteiger partial charge is 0.237 e. The Morgan fingerprint density at radius 3 is 2.69 bits per heavy atom. The van der Waals surface area contributed by atoms with Gasteiger partial charge in [0.2, 0.25) is 5.91 Å². The van der Waals surface area contributed by atoms with Crippen molar-refractivity contribution < 1.29 is 9.53 Å². The minimum Gasteiger partial charge on any atom is -0.379 e. The fourth-order valence-electron chi connectivity index (χ4n) is 3.98. The van der Waals surface area contributed by atoms with Crippen LogP contribution >= 0.6 is 11.8 Å². The van der Waals surface area contributed by atoms with Crippen molar-refractivity contribution in [2.45, 2.75) is 25.6 Å². The number of benzene rings is 2. The Bertz CT molecular complexity index is 994. The van der Waals surface area contributed by atoms with E-state index < -0.39 is 0 Å². The molecule has 0 radical (unpaired) electrons. The zero-order valence-electron chi connectivity index (χ0n) is 17.2. The molecule has 3 aromatic rings. The van der Waals surface area contributed by atoms with Crippen molar-refractivity contribution in [3.63, 3.8) is 0 Å². The van der Waals surface area contributed by atoms with Gasteiger partial charge >= 0.3 is 0 Å². The van der Waals surface area contributed by atoms with Gasteiger partial charge in [0.1, 0.15) is 0 Å². The highest BCUT2D eigenvalue weighted by molar-refractivity contribution is 8.00. The SMILES string of the molecule is CCn1c2ccccc2c2cc(NC(=O)C(C)SCCN3CCOCC3)ccc21. The Kier molecular flexibility index (Phi) is 6.43. The molecule has 1 fully saturated rings. The Balaban J connectivity index is 1.41. The van der Waals surface area contributed by atoms with Gasteiger partial charge in [-0.05, 0) is 38.1 Å². The minimum atomic E-state index is -0.0799. The number of para-hydroxylation sites is 1. The first kappa shape index (κ1) is 20.3. The van der Waals surface area contributed by atoms with E-state index in [-0.39, 0.29) is 11.2 Å². The van der Waals surface area contributed by atoms with E-state index in [1.807, 2.05) is 13.0 Å². The molecule has 1 aliphatic rings. The lowest BCUT2D eigenvalue weighted by Gasteiger charge is -2.26. The third kappa shape index (κ3) is 4.44. The molecular formula is C23H29N3O2S. The van der Waals surface area contributed by atoms with Crippen molar-refractivity contribution in [2.24, 2.45) is 0 Å². The van der Waals surface area contributed by atoms with E-state index in [0.717, 1.165) is 50.8 Å². The zero-order chi connectivity index (χ0) is 20.2. The largest absolute Gasteiger partial charge is 0.379 e. The van der Waals surface area contributed by atoms with Crippen molar-refractivity contribution in [1.29, 1.82) is 0 Å². The first-order valence-corrected chi connectivity index (χ1v) is 11.5. The van der Waals surface area contributed by atoms with Gasteiger partial charge in [0.05, 0.1) is 18.5 Å². The van der Waals surface area contributed by atoms with Gasteiger partial charge in [-0.25, -0.2) is 0 Å².